The van der Waals surface area contributed by atoms with E-state index in [0.717, 1.165) is 16.9 Å². The minimum Gasteiger partial charge on any atom is -0.393 e. The zero-order chi connectivity index (χ0) is 13.8. The Balaban J connectivity index is 1.98. The number of aliphatic hydroxyl groups excluding tert-OH is 1. The number of hydrogen-bond donors (Lipinski definition) is 3. The van der Waals surface area contributed by atoms with E-state index in [0.29, 0.717) is 25.7 Å². The Morgan fingerprint density at radius 1 is 1.47 bits per heavy atom. The maximum absolute atomic E-state index is 11.6. The second kappa shape index (κ2) is 5.84. The summed E-state index contributed by atoms with van der Waals surface area (Å²) in [6.07, 6.45) is 1.45. The molecule has 1 unspecified atom stereocenters. The number of hydrogen-bond acceptors (Lipinski definition) is 3. The number of carbonyl (C=O) groups excluding carboxylic acids is 2. The lowest BCUT2D eigenvalue weighted by atomic mass is 10.0. The van der Waals surface area contributed by atoms with Crippen molar-refractivity contribution in [1.82, 2.24) is 0 Å². The van der Waals surface area contributed by atoms with Crippen LogP contribution in [0.25, 0.3) is 0 Å². The summed E-state index contributed by atoms with van der Waals surface area (Å²) in [5, 5.41) is 14.7. The molecule has 0 radical (unpaired) electrons. The van der Waals surface area contributed by atoms with Crippen LogP contribution in [0.3, 0.4) is 0 Å². The second-order valence-electron chi connectivity index (χ2n) is 4.86. The lowest BCUT2D eigenvalue weighted by molar-refractivity contribution is -0.117. The van der Waals surface area contributed by atoms with Crippen molar-refractivity contribution < 1.29 is 14.7 Å². The Morgan fingerprint density at radius 2 is 2.26 bits per heavy atom. The molecule has 1 aromatic rings. The fourth-order valence-corrected chi connectivity index (χ4v) is 2.02. The highest BCUT2D eigenvalue weighted by Gasteiger charge is 2.15. The molecule has 1 aliphatic heterocycles. The van der Waals surface area contributed by atoms with Gasteiger partial charge in [-0.2, -0.15) is 0 Å². The van der Waals surface area contributed by atoms with Crippen molar-refractivity contribution in [1.29, 1.82) is 0 Å². The molecule has 0 fully saturated rings. The third kappa shape index (κ3) is 3.79. The molecule has 0 saturated carbocycles. The van der Waals surface area contributed by atoms with Crippen LogP contribution in [0.15, 0.2) is 18.2 Å². The molecule has 0 spiro atoms. The third-order valence-corrected chi connectivity index (χ3v) is 3.07. The molecule has 2 rings (SSSR count). The van der Waals surface area contributed by atoms with Crippen molar-refractivity contribution in [2.24, 2.45) is 0 Å². The maximum atomic E-state index is 11.6. The predicted octanol–water partition coefficient (Wildman–Crippen LogP) is 1.67. The van der Waals surface area contributed by atoms with E-state index < -0.39 is 6.10 Å². The van der Waals surface area contributed by atoms with E-state index in [1.165, 1.54) is 0 Å². The molecule has 102 valence electrons. The van der Waals surface area contributed by atoms with Gasteiger partial charge >= 0.3 is 0 Å². The number of anilines is 2. The smallest absolute Gasteiger partial charge is 0.224 e. The molecule has 0 saturated heterocycles. The summed E-state index contributed by atoms with van der Waals surface area (Å²) in [5.41, 5.74) is 2.58. The van der Waals surface area contributed by atoms with Gasteiger partial charge in [-0.05, 0) is 43.5 Å². The molecule has 3 N–H and O–H groups in total. The van der Waals surface area contributed by atoms with Crippen LogP contribution in [-0.2, 0) is 16.0 Å². The molecule has 5 nitrogen and oxygen atoms in total. The summed E-state index contributed by atoms with van der Waals surface area (Å²) in [6.45, 7) is 1.66. The lowest BCUT2D eigenvalue weighted by Gasteiger charge is -2.17. The molecule has 19 heavy (non-hydrogen) atoms. The first-order chi connectivity index (χ1) is 9.04. The van der Waals surface area contributed by atoms with Crippen LogP contribution in [0.1, 0.15) is 31.7 Å². The minimum absolute atomic E-state index is 0.0289. The highest BCUT2D eigenvalue weighted by molar-refractivity contribution is 5.95. The van der Waals surface area contributed by atoms with Gasteiger partial charge in [0.1, 0.15) is 0 Å². The molecular weight excluding hydrogens is 244 g/mol. The van der Waals surface area contributed by atoms with Gasteiger partial charge in [-0.15, -0.1) is 0 Å². The second-order valence-corrected chi connectivity index (χ2v) is 4.86. The van der Waals surface area contributed by atoms with Crippen LogP contribution >= 0.6 is 0 Å². The first-order valence-electron chi connectivity index (χ1n) is 6.45. The molecular formula is C14H18N2O3. The fourth-order valence-electron chi connectivity index (χ4n) is 2.02. The van der Waals surface area contributed by atoms with Gasteiger partial charge in [-0.3, -0.25) is 9.59 Å². The molecule has 1 heterocycles. The largest absolute Gasteiger partial charge is 0.393 e. The average Bonchev–Trinajstić information content (AvgIpc) is 2.36. The molecule has 1 atom stereocenters. The quantitative estimate of drug-likeness (QED) is 0.772. The van der Waals surface area contributed by atoms with Crippen molar-refractivity contribution in [2.45, 2.75) is 38.7 Å². The van der Waals surface area contributed by atoms with Gasteiger partial charge in [0.25, 0.3) is 0 Å². The molecule has 0 bridgehead atoms. The summed E-state index contributed by atoms with van der Waals surface area (Å²) >= 11 is 0. The first kappa shape index (κ1) is 13.5. The van der Waals surface area contributed by atoms with Gasteiger partial charge in [0.05, 0.1) is 6.10 Å². The number of carbonyl (C=O) groups is 2. The Hall–Kier alpha value is -1.88. The molecule has 0 aromatic heterocycles. The number of amides is 2. The Labute approximate surface area is 112 Å². The zero-order valence-corrected chi connectivity index (χ0v) is 10.9. The first-order valence-corrected chi connectivity index (χ1v) is 6.45. The number of aryl methyl sites for hydroxylation is 1. The van der Waals surface area contributed by atoms with Gasteiger partial charge in [-0.25, -0.2) is 0 Å². The summed E-state index contributed by atoms with van der Waals surface area (Å²) < 4.78 is 0. The molecule has 1 aromatic carbocycles. The predicted molar refractivity (Wildman–Crippen MR) is 72.9 cm³/mol. The van der Waals surface area contributed by atoms with Crippen LogP contribution in [-0.4, -0.2) is 23.0 Å². The van der Waals surface area contributed by atoms with Gasteiger partial charge < -0.3 is 15.7 Å². The van der Waals surface area contributed by atoms with Gasteiger partial charge in [-0.1, -0.05) is 0 Å². The number of benzene rings is 1. The molecule has 0 aliphatic carbocycles. The van der Waals surface area contributed by atoms with Crippen molar-refractivity contribution in [3.8, 4) is 0 Å². The van der Waals surface area contributed by atoms with E-state index in [9.17, 15) is 9.59 Å². The highest BCUT2D eigenvalue weighted by Crippen LogP contribution is 2.25. The molecule has 2 amide bonds. The Morgan fingerprint density at radius 3 is 3.00 bits per heavy atom. The highest BCUT2D eigenvalue weighted by atomic mass is 16.3. The van der Waals surface area contributed by atoms with Gasteiger partial charge in [0.15, 0.2) is 0 Å². The van der Waals surface area contributed by atoms with Crippen LogP contribution in [0.5, 0.6) is 0 Å². The summed E-state index contributed by atoms with van der Waals surface area (Å²) in [6, 6.07) is 5.45. The van der Waals surface area contributed by atoms with Gasteiger partial charge in [0.2, 0.25) is 11.8 Å². The van der Waals surface area contributed by atoms with E-state index >= 15 is 0 Å². The summed E-state index contributed by atoms with van der Waals surface area (Å²) in [5.74, 6) is -0.0816. The third-order valence-electron chi connectivity index (χ3n) is 3.07. The summed E-state index contributed by atoms with van der Waals surface area (Å²) in [7, 11) is 0. The summed E-state index contributed by atoms with van der Waals surface area (Å²) in [4.78, 5) is 22.9. The van der Waals surface area contributed by atoms with E-state index in [1.807, 2.05) is 6.07 Å². The van der Waals surface area contributed by atoms with Crippen LogP contribution < -0.4 is 10.6 Å². The van der Waals surface area contributed by atoms with Crippen molar-refractivity contribution in [3.05, 3.63) is 23.8 Å². The normalized spacial score (nSPS) is 15.4. The lowest BCUT2D eigenvalue weighted by Crippen LogP contribution is -2.19. The monoisotopic (exact) mass is 262 g/mol. The molecule has 1 aliphatic rings. The molecule has 5 heteroatoms. The van der Waals surface area contributed by atoms with Crippen LogP contribution in [0.2, 0.25) is 0 Å². The Bertz CT molecular complexity index is 497. The maximum Gasteiger partial charge on any atom is 0.224 e. The Kier molecular flexibility index (Phi) is 4.16. The standard InChI is InChI=1S/C14H18N2O3/c1-9(17)2-6-13(18)15-11-4-5-12-10(8-11)3-7-14(19)16-12/h4-5,8-9,17H,2-3,6-7H2,1H3,(H,15,18)(H,16,19). The van der Waals surface area contributed by atoms with Crippen molar-refractivity contribution in [2.75, 3.05) is 10.6 Å². The zero-order valence-electron chi connectivity index (χ0n) is 10.9. The van der Waals surface area contributed by atoms with Crippen molar-refractivity contribution >= 4 is 23.2 Å². The average molecular weight is 262 g/mol. The van der Waals surface area contributed by atoms with E-state index in [1.54, 1.807) is 19.1 Å². The number of nitrogens with one attached hydrogen (secondary N) is 2. The van der Waals surface area contributed by atoms with Gasteiger partial charge in [0, 0.05) is 24.2 Å². The van der Waals surface area contributed by atoms with E-state index in [2.05, 4.69) is 10.6 Å². The van der Waals surface area contributed by atoms with Crippen LogP contribution in [0.4, 0.5) is 11.4 Å². The van der Waals surface area contributed by atoms with E-state index in [-0.39, 0.29) is 11.8 Å². The fraction of sp³-hybridized carbons (Fsp3) is 0.429. The number of fused-ring (bicyclic) bond motifs is 1. The minimum atomic E-state index is -0.468. The number of rotatable bonds is 4. The van der Waals surface area contributed by atoms with E-state index in [4.69, 9.17) is 5.11 Å². The topological polar surface area (TPSA) is 78.4 Å². The SMILES string of the molecule is CC(O)CCC(=O)Nc1ccc2c(c1)CCC(=O)N2. The van der Waals surface area contributed by atoms with Crippen molar-refractivity contribution in [3.63, 3.8) is 0 Å². The van der Waals surface area contributed by atoms with Crippen LogP contribution in [0, 0.1) is 0 Å². The number of aliphatic hydroxyl groups is 1.